The fourth-order valence-corrected chi connectivity index (χ4v) is 1.91. The predicted octanol–water partition coefficient (Wildman–Crippen LogP) is 2.06. The van der Waals surface area contributed by atoms with Crippen LogP contribution in [-0.2, 0) is 9.53 Å². The van der Waals surface area contributed by atoms with Crippen molar-refractivity contribution in [3.8, 4) is 5.75 Å². The first-order valence-electron chi connectivity index (χ1n) is 5.76. The standard InChI is InChI=1S/C14H13NO5/c1-19-8-3-5-11-10(7-8)9(4-6-12(16)17)13(15-11)14(18)20-2/h3-7,15H,1-2H3,(H,16,17). The predicted molar refractivity (Wildman–Crippen MR) is 72.9 cm³/mol. The van der Waals surface area contributed by atoms with Crippen molar-refractivity contribution in [2.45, 2.75) is 0 Å². The maximum atomic E-state index is 11.7. The highest BCUT2D eigenvalue weighted by atomic mass is 16.5. The Morgan fingerprint density at radius 2 is 2.05 bits per heavy atom. The number of carbonyl (C=O) groups excluding carboxylic acids is 1. The minimum atomic E-state index is -1.10. The molecular weight excluding hydrogens is 262 g/mol. The third-order valence-electron chi connectivity index (χ3n) is 2.83. The van der Waals surface area contributed by atoms with Crippen LogP contribution in [0.3, 0.4) is 0 Å². The van der Waals surface area contributed by atoms with Gasteiger partial charge in [-0.1, -0.05) is 0 Å². The molecule has 6 heteroatoms. The molecule has 0 radical (unpaired) electrons. The monoisotopic (exact) mass is 275 g/mol. The second-order valence-corrected chi connectivity index (χ2v) is 3.99. The highest BCUT2D eigenvalue weighted by Crippen LogP contribution is 2.28. The number of hydrogen-bond acceptors (Lipinski definition) is 4. The van der Waals surface area contributed by atoms with E-state index in [-0.39, 0.29) is 5.69 Å². The normalized spacial score (nSPS) is 10.9. The smallest absolute Gasteiger partial charge is 0.355 e. The number of H-pyrrole nitrogens is 1. The SMILES string of the molecule is COC(=O)c1[nH]c2ccc(OC)cc2c1C=CC(=O)O. The first-order valence-corrected chi connectivity index (χ1v) is 5.76. The Morgan fingerprint density at radius 3 is 2.65 bits per heavy atom. The molecule has 0 aliphatic rings. The molecule has 2 aromatic rings. The number of aromatic amines is 1. The molecule has 20 heavy (non-hydrogen) atoms. The number of methoxy groups -OCH3 is 2. The van der Waals surface area contributed by atoms with Gasteiger partial charge in [0.2, 0.25) is 0 Å². The number of fused-ring (bicyclic) bond motifs is 1. The number of esters is 1. The summed E-state index contributed by atoms with van der Waals surface area (Å²) < 4.78 is 9.82. The number of carboxylic acids is 1. The van der Waals surface area contributed by atoms with Crippen molar-refractivity contribution in [2.24, 2.45) is 0 Å². The minimum Gasteiger partial charge on any atom is -0.497 e. The Hall–Kier alpha value is -2.76. The van der Waals surface area contributed by atoms with E-state index < -0.39 is 11.9 Å². The van der Waals surface area contributed by atoms with Crippen LogP contribution in [0.5, 0.6) is 5.75 Å². The van der Waals surface area contributed by atoms with Crippen molar-refractivity contribution >= 4 is 28.9 Å². The molecule has 0 aliphatic heterocycles. The molecule has 0 saturated carbocycles. The molecule has 1 aromatic carbocycles. The zero-order valence-corrected chi connectivity index (χ0v) is 11.0. The first kappa shape index (κ1) is 13.7. The van der Waals surface area contributed by atoms with Crippen molar-refractivity contribution in [2.75, 3.05) is 14.2 Å². The number of aliphatic carboxylic acids is 1. The van der Waals surface area contributed by atoms with Crippen molar-refractivity contribution in [1.29, 1.82) is 0 Å². The fraction of sp³-hybridized carbons (Fsp3) is 0.143. The number of benzene rings is 1. The molecule has 0 bridgehead atoms. The number of rotatable bonds is 4. The van der Waals surface area contributed by atoms with Crippen LogP contribution in [0.25, 0.3) is 17.0 Å². The maximum Gasteiger partial charge on any atom is 0.355 e. The first-order chi connectivity index (χ1) is 9.56. The van der Waals surface area contributed by atoms with Gasteiger partial charge in [0.05, 0.1) is 14.2 Å². The summed E-state index contributed by atoms with van der Waals surface area (Å²) >= 11 is 0. The van der Waals surface area contributed by atoms with Crippen LogP contribution >= 0.6 is 0 Å². The summed E-state index contributed by atoms with van der Waals surface area (Å²) in [6.45, 7) is 0. The van der Waals surface area contributed by atoms with Crippen LogP contribution in [0.4, 0.5) is 0 Å². The van der Waals surface area contributed by atoms with Crippen LogP contribution in [0, 0.1) is 0 Å². The van der Waals surface area contributed by atoms with Gasteiger partial charge in [0.1, 0.15) is 11.4 Å². The van der Waals surface area contributed by atoms with Crippen LogP contribution in [0.2, 0.25) is 0 Å². The molecule has 2 N–H and O–H groups in total. The third kappa shape index (κ3) is 2.49. The molecule has 1 aromatic heterocycles. The molecule has 0 spiro atoms. The van der Waals surface area contributed by atoms with Gasteiger partial charge in [0, 0.05) is 22.5 Å². The lowest BCUT2D eigenvalue weighted by molar-refractivity contribution is -0.131. The van der Waals surface area contributed by atoms with Crippen molar-refractivity contribution in [1.82, 2.24) is 4.98 Å². The number of ether oxygens (including phenoxy) is 2. The van der Waals surface area contributed by atoms with E-state index in [1.165, 1.54) is 20.3 Å². The average Bonchev–Trinajstić information content (AvgIpc) is 2.81. The largest absolute Gasteiger partial charge is 0.497 e. The summed E-state index contributed by atoms with van der Waals surface area (Å²) in [6.07, 6.45) is 2.32. The zero-order valence-electron chi connectivity index (χ0n) is 11.0. The van der Waals surface area contributed by atoms with Gasteiger partial charge in [-0.2, -0.15) is 0 Å². The van der Waals surface area contributed by atoms with Crippen LogP contribution in [-0.4, -0.2) is 36.2 Å². The maximum absolute atomic E-state index is 11.7. The number of nitrogens with one attached hydrogen (secondary N) is 1. The van der Waals surface area contributed by atoms with Crippen molar-refractivity contribution in [3.05, 3.63) is 35.5 Å². The van der Waals surface area contributed by atoms with Crippen LogP contribution in [0.15, 0.2) is 24.3 Å². The fourth-order valence-electron chi connectivity index (χ4n) is 1.91. The van der Waals surface area contributed by atoms with E-state index in [0.29, 0.717) is 22.2 Å². The summed E-state index contributed by atoms with van der Waals surface area (Å²) in [5.41, 5.74) is 1.35. The van der Waals surface area contributed by atoms with Gasteiger partial charge in [-0.15, -0.1) is 0 Å². The van der Waals surface area contributed by atoms with E-state index in [1.54, 1.807) is 18.2 Å². The Labute approximate surface area is 114 Å². The topological polar surface area (TPSA) is 88.6 Å². The number of carbonyl (C=O) groups is 2. The van der Waals surface area contributed by atoms with Gasteiger partial charge in [-0.05, 0) is 24.3 Å². The van der Waals surface area contributed by atoms with E-state index in [2.05, 4.69) is 9.72 Å². The highest BCUT2D eigenvalue weighted by molar-refractivity contribution is 6.04. The zero-order chi connectivity index (χ0) is 14.7. The number of aromatic nitrogens is 1. The van der Waals surface area contributed by atoms with Crippen molar-refractivity contribution in [3.63, 3.8) is 0 Å². The second kappa shape index (κ2) is 5.48. The molecule has 6 nitrogen and oxygen atoms in total. The summed E-state index contributed by atoms with van der Waals surface area (Å²) in [4.78, 5) is 25.3. The molecule has 0 aliphatic carbocycles. The van der Waals surface area contributed by atoms with Gasteiger partial charge < -0.3 is 19.6 Å². The minimum absolute atomic E-state index is 0.202. The average molecular weight is 275 g/mol. The summed E-state index contributed by atoms with van der Waals surface area (Å²) in [7, 11) is 2.79. The lowest BCUT2D eigenvalue weighted by Gasteiger charge is -2.00. The molecule has 0 amide bonds. The molecule has 104 valence electrons. The Morgan fingerprint density at radius 1 is 1.30 bits per heavy atom. The van der Waals surface area contributed by atoms with E-state index in [1.807, 2.05) is 0 Å². The second-order valence-electron chi connectivity index (χ2n) is 3.99. The lowest BCUT2D eigenvalue weighted by Crippen LogP contribution is -2.03. The van der Waals surface area contributed by atoms with Gasteiger partial charge in [0.15, 0.2) is 0 Å². The Kier molecular flexibility index (Phi) is 3.74. The highest BCUT2D eigenvalue weighted by Gasteiger charge is 2.17. The Bertz CT molecular complexity index is 699. The van der Waals surface area contributed by atoms with Gasteiger partial charge in [0.25, 0.3) is 0 Å². The lowest BCUT2D eigenvalue weighted by atomic mass is 10.1. The molecule has 0 saturated heterocycles. The summed E-state index contributed by atoms with van der Waals surface area (Å²) in [5, 5.41) is 9.42. The van der Waals surface area contributed by atoms with Crippen molar-refractivity contribution < 1.29 is 24.2 Å². The van der Waals surface area contributed by atoms with Gasteiger partial charge in [-0.25, -0.2) is 9.59 Å². The van der Waals surface area contributed by atoms with Crippen LogP contribution < -0.4 is 4.74 Å². The number of carboxylic acid groups (broad SMARTS) is 1. The van der Waals surface area contributed by atoms with E-state index in [0.717, 1.165) is 6.08 Å². The van der Waals surface area contributed by atoms with Crippen LogP contribution in [0.1, 0.15) is 16.1 Å². The molecule has 1 heterocycles. The summed E-state index contributed by atoms with van der Waals surface area (Å²) in [5.74, 6) is -1.05. The quantitative estimate of drug-likeness (QED) is 0.658. The van der Waals surface area contributed by atoms with E-state index in [4.69, 9.17) is 9.84 Å². The van der Waals surface area contributed by atoms with Gasteiger partial charge in [-0.3, -0.25) is 0 Å². The molecular formula is C14H13NO5. The van der Waals surface area contributed by atoms with Gasteiger partial charge >= 0.3 is 11.9 Å². The summed E-state index contributed by atoms with van der Waals surface area (Å²) in [6, 6.07) is 5.21. The Balaban J connectivity index is 2.68. The van der Waals surface area contributed by atoms with E-state index >= 15 is 0 Å². The third-order valence-corrected chi connectivity index (χ3v) is 2.83. The van der Waals surface area contributed by atoms with E-state index in [9.17, 15) is 9.59 Å². The molecule has 0 fully saturated rings. The molecule has 0 atom stereocenters. The molecule has 2 rings (SSSR count). The number of hydrogen-bond donors (Lipinski definition) is 2. The molecule has 0 unspecified atom stereocenters.